The molecule has 17 heavy (non-hydrogen) atoms. The number of aryl methyl sites for hydroxylation is 1. The third-order valence-corrected chi connectivity index (χ3v) is 2.89. The van der Waals surface area contributed by atoms with E-state index in [2.05, 4.69) is 13.8 Å². The molecule has 0 aliphatic carbocycles. The average Bonchev–Trinajstić information content (AvgIpc) is 2.20. The van der Waals surface area contributed by atoms with Gasteiger partial charge in [0.05, 0.1) is 6.61 Å². The van der Waals surface area contributed by atoms with E-state index in [-0.39, 0.29) is 0 Å². The van der Waals surface area contributed by atoms with Gasteiger partial charge in [-0.2, -0.15) is 0 Å². The van der Waals surface area contributed by atoms with Crippen molar-refractivity contribution in [3.05, 3.63) is 23.3 Å². The second-order valence-corrected chi connectivity index (χ2v) is 4.82. The fraction of sp³-hybridized carbons (Fsp3) is 0.538. The standard InChI is InChI=1S/C13H21BO3/c1-9(2)7-8-17-12-6-5-10(3)13(11(12)4)14(15)16/h5-6,9,15-16H,7-8H2,1-4H3. The second kappa shape index (κ2) is 6.08. The van der Waals surface area contributed by atoms with E-state index in [1.165, 1.54) is 0 Å². The minimum atomic E-state index is -1.44. The van der Waals surface area contributed by atoms with Gasteiger partial charge < -0.3 is 14.8 Å². The smallest absolute Gasteiger partial charge is 0.489 e. The van der Waals surface area contributed by atoms with Crippen LogP contribution in [0.25, 0.3) is 0 Å². The fourth-order valence-electron chi connectivity index (χ4n) is 1.80. The molecule has 2 N–H and O–H groups in total. The van der Waals surface area contributed by atoms with E-state index in [0.29, 0.717) is 18.0 Å². The van der Waals surface area contributed by atoms with Crippen LogP contribution in [-0.4, -0.2) is 23.8 Å². The predicted octanol–water partition coefficient (Wildman–Crippen LogP) is 1.41. The summed E-state index contributed by atoms with van der Waals surface area (Å²) in [5.41, 5.74) is 2.23. The third-order valence-electron chi connectivity index (χ3n) is 2.89. The second-order valence-electron chi connectivity index (χ2n) is 4.82. The largest absolute Gasteiger partial charge is 0.493 e. The van der Waals surface area contributed by atoms with Crippen molar-refractivity contribution in [3.8, 4) is 5.75 Å². The summed E-state index contributed by atoms with van der Waals surface area (Å²) in [4.78, 5) is 0. The third kappa shape index (κ3) is 3.75. The molecule has 0 atom stereocenters. The maximum absolute atomic E-state index is 9.32. The first kappa shape index (κ1) is 14.1. The van der Waals surface area contributed by atoms with Gasteiger partial charge in [-0.05, 0) is 43.3 Å². The van der Waals surface area contributed by atoms with Gasteiger partial charge in [-0.1, -0.05) is 25.5 Å². The molecule has 0 radical (unpaired) electrons. The van der Waals surface area contributed by atoms with Crippen molar-refractivity contribution in [2.45, 2.75) is 34.1 Å². The van der Waals surface area contributed by atoms with Crippen molar-refractivity contribution in [3.63, 3.8) is 0 Å². The van der Waals surface area contributed by atoms with Crippen LogP contribution in [0.3, 0.4) is 0 Å². The Morgan fingerprint density at radius 2 is 1.88 bits per heavy atom. The molecule has 3 nitrogen and oxygen atoms in total. The summed E-state index contributed by atoms with van der Waals surface area (Å²) in [5.74, 6) is 1.34. The molecule has 1 aromatic carbocycles. The molecule has 0 aromatic heterocycles. The quantitative estimate of drug-likeness (QED) is 0.760. The maximum Gasteiger partial charge on any atom is 0.489 e. The van der Waals surface area contributed by atoms with Gasteiger partial charge in [0.25, 0.3) is 0 Å². The summed E-state index contributed by atoms with van der Waals surface area (Å²) in [5, 5.41) is 18.6. The van der Waals surface area contributed by atoms with Crippen molar-refractivity contribution in [2.75, 3.05) is 6.61 Å². The maximum atomic E-state index is 9.32. The molecule has 4 heteroatoms. The van der Waals surface area contributed by atoms with E-state index in [0.717, 1.165) is 23.3 Å². The van der Waals surface area contributed by atoms with Crippen LogP contribution < -0.4 is 10.2 Å². The first-order chi connectivity index (χ1) is 7.93. The molecule has 0 aliphatic heterocycles. The van der Waals surface area contributed by atoms with Gasteiger partial charge in [0.1, 0.15) is 5.75 Å². The minimum absolute atomic E-state index is 0.548. The molecule has 1 aromatic rings. The van der Waals surface area contributed by atoms with Crippen LogP contribution in [0.1, 0.15) is 31.4 Å². The highest BCUT2D eigenvalue weighted by atomic mass is 16.5. The zero-order chi connectivity index (χ0) is 13.0. The molecule has 0 saturated carbocycles. The van der Waals surface area contributed by atoms with E-state index < -0.39 is 7.12 Å². The highest BCUT2D eigenvalue weighted by Gasteiger charge is 2.19. The highest BCUT2D eigenvalue weighted by Crippen LogP contribution is 2.18. The summed E-state index contributed by atoms with van der Waals surface area (Å²) in [6.07, 6.45) is 0.990. The summed E-state index contributed by atoms with van der Waals surface area (Å²) in [6, 6.07) is 3.74. The van der Waals surface area contributed by atoms with Crippen molar-refractivity contribution in [1.29, 1.82) is 0 Å². The minimum Gasteiger partial charge on any atom is -0.493 e. The van der Waals surface area contributed by atoms with Gasteiger partial charge in [0, 0.05) is 0 Å². The first-order valence-corrected chi connectivity index (χ1v) is 6.02. The Morgan fingerprint density at radius 1 is 1.24 bits per heavy atom. The lowest BCUT2D eigenvalue weighted by atomic mass is 9.74. The molecule has 0 heterocycles. The summed E-state index contributed by atoms with van der Waals surface area (Å²) in [6.45, 7) is 8.66. The SMILES string of the molecule is Cc1ccc(OCCC(C)C)c(C)c1B(O)O. The Morgan fingerprint density at radius 3 is 2.41 bits per heavy atom. The van der Waals surface area contributed by atoms with Crippen molar-refractivity contribution in [1.82, 2.24) is 0 Å². The van der Waals surface area contributed by atoms with E-state index in [4.69, 9.17) is 4.74 Å². The number of benzene rings is 1. The topological polar surface area (TPSA) is 49.7 Å². The van der Waals surface area contributed by atoms with Gasteiger partial charge in [-0.15, -0.1) is 0 Å². The molecule has 0 saturated heterocycles. The molecule has 0 unspecified atom stereocenters. The van der Waals surface area contributed by atoms with E-state index in [9.17, 15) is 10.0 Å². The van der Waals surface area contributed by atoms with Crippen LogP contribution in [0, 0.1) is 19.8 Å². The van der Waals surface area contributed by atoms with Crippen LogP contribution in [0.5, 0.6) is 5.75 Å². The Balaban J connectivity index is 2.83. The molecule has 94 valence electrons. The Hall–Kier alpha value is -0.995. The summed E-state index contributed by atoms with van der Waals surface area (Å²) in [7, 11) is -1.44. The van der Waals surface area contributed by atoms with Crippen LogP contribution in [0.15, 0.2) is 12.1 Å². The Labute approximate surface area is 104 Å². The molecular weight excluding hydrogens is 215 g/mol. The molecular formula is C13H21BO3. The van der Waals surface area contributed by atoms with Crippen LogP contribution in [-0.2, 0) is 0 Å². The van der Waals surface area contributed by atoms with Gasteiger partial charge in [0.15, 0.2) is 0 Å². The van der Waals surface area contributed by atoms with Gasteiger partial charge in [-0.3, -0.25) is 0 Å². The molecule has 0 fully saturated rings. The lowest BCUT2D eigenvalue weighted by molar-refractivity contribution is 0.288. The van der Waals surface area contributed by atoms with Crippen molar-refractivity contribution in [2.24, 2.45) is 5.92 Å². The number of hydrogen-bond donors (Lipinski definition) is 2. The summed E-state index contributed by atoms with van der Waals surface area (Å²) >= 11 is 0. The Bertz CT molecular complexity index is 375. The first-order valence-electron chi connectivity index (χ1n) is 6.02. The fourth-order valence-corrected chi connectivity index (χ4v) is 1.80. The molecule has 1 rings (SSSR count). The van der Waals surface area contributed by atoms with Crippen molar-refractivity contribution < 1.29 is 14.8 Å². The summed E-state index contributed by atoms with van der Waals surface area (Å²) < 4.78 is 5.67. The molecule has 0 amide bonds. The average molecular weight is 236 g/mol. The lowest BCUT2D eigenvalue weighted by Crippen LogP contribution is -2.34. The van der Waals surface area contributed by atoms with Crippen LogP contribution >= 0.6 is 0 Å². The molecule has 0 bridgehead atoms. The number of hydrogen-bond acceptors (Lipinski definition) is 3. The van der Waals surface area contributed by atoms with E-state index in [1.807, 2.05) is 26.0 Å². The normalized spacial score (nSPS) is 10.8. The molecule has 0 spiro atoms. The number of rotatable bonds is 5. The van der Waals surface area contributed by atoms with Crippen LogP contribution in [0.2, 0.25) is 0 Å². The zero-order valence-electron chi connectivity index (χ0n) is 11.0. The monoisotopic (exact) mass is 236 g/mol. The van der Waals surface area contributed by atoms with Gasteiger partial charge in [-0.25, -0.2) is 0 Å². The van der Waals surface area contributed by atoms with E-state index >= 15 is 0 Å². The highest BCUT2D eigenvalue weighted by molar-refractivity contribution is 6.59. The van der Waals surface area contributed by atoms with Gasteiger partial charge >= 0.3 is 7.12 Å². The van der Waals surface area contributed by atoms with E-state index in [1.54, 1.807) is 0 Å². The number of ether oxygens (including phenoxy) is 1. The Kier molecular flexibility index (Phi) is 5.03. The predicted molar refractivity (Wildman–Crippen MR) is 70.7 cm³/mol. The van der Waals surface area contributed by atoms with Crippen molar-refractivity contribution >= 4 is 12.6 Å². The zero-order valence-corrected chi connectivity index (χ0v) is 11.0. The van der Waals surface area contributed by atoms with Gasteiger partial charge in [0.2, 0.25) is 0 Å². The molecule has 0 aliphatic rings. The van der Waals surface area contributed by atoms with Crippen LogP contribution in [0.4, 0.5) is 0 Å². The lowest BCUT2D eigenvalue weighted by Gasteiger charge is -2.15.